The summed E-state index contributed by atoms with van der Waals surface area (Å²) in [6, 6.07) is 17.9. The van der Waals surface area contributed by atoms with Gasteiger partial charge in [0.25, 0.3) is 0 Å². The molecule has 0 radical (unpaired) electrons. The predicted octanol–water partition coefficient (Wildman–Crippen LogP) is 9.07. The monoisotopic (exact) mass is 548 g/mol. The summed E-state index contributed by atoms with van der Waals surface area (Å²) in [7, 11) is 2.97. The van der Waals surface area contributed by atoms with Crippen molar-refractivity contribution in [2.75, 3.05) is 14.2 Å². The number of benzene rings is 3. The lowest BCUT2D eigenvalue weighted by Gasteiger charge is -2.30. The van der Waals surface area contributed by atoms with Gasteiger partial charge in [-0.25, -0.2) is 4.39 Å². The van der Waals surface area contributed by atoms with E-state index in [1.165, 1.54) is 62.5 Å². The lowest BCUT2D eigenvalue weighted by atomic mass is 9.75. The molecule has 0 bridgehead atoms. The highest BCUT2D eigenvalue weighted by molar-refractivity contribution is 5.71. The normalized spacial score (nSPS) is 16.6. The van der Waals surface area contributed by atoms with Crippen molar-refractivity contribution < 1.29 is 23.4 Å². The molecule has 4 nitrogen and oxygen atoms in total. The summed E-state index contributed by atoms with van der Waals surface area (Å²) in [4.78, 5) is 9.59. The van der Waals surface area contributed by atoms with Gasteiger partial charge in [-0.05, 0) is 102 Å². The van der Waals surface area contributed by atoms with Crippen molar-refractivity contribution >= 4 is 5.97 Å². The van der Waals surface area contributed by atoms with Crippen molar-refractivity contribution in [3.8, 4) is 22.6 Å². The Morgan fingerprint density at radius 2 is 1.60 bits per heavy atom. The van der Waals surface area contributed by atoms with Crippen molar-refractivity contribution in [2.45, 2.75) is 85.7 Å². The summed E-state index contributed by atoms with van der Waals surface area (Å²) >= 11 is 0. The fourth-order valence-corrected chi connectivity index (χ4v) is 5.78. The second-order valence-corrected chi connectivity index (χ2v) is 11.0. The quantitative estimate of drug-likeness (QED) is 0.288. The largest absolute Gasteiger partial charge is 0.497 e. The molecule has 0 saturated heterocycles. The molecule has 1 saturated carbocycles. The van der Waals surface area contributed by atoms with Crippen LogP contribution in [0.15, 0.2) is 54.6 Å². The number of methoxy groups -OCH3 is 2. The number of esters is 1. The van der Waals surface area contributed by atoms with E-state index < -0.39 is 0 Å². The molecule has 3 aromatic carbocycles. The van der Waals surface area contributed by atoms with Crippen LogP contribution in [0.4, 0.5) is 4.39 Å². The standard InChI is InChI=1S/C30H33FO2.C3H6O2.C2H6/c1-30(2)15-5-8-28(30)26-16-20(19-33-24-11-10-21-6-4-7-22(21)17-24)9-13-25(26)27-18-23(32-3)12-14-29(27)31;1-3(4)5-2;1-2/h9-14,16-18,28H,4-8,15,19H2,1-3H3;1-2H3;1-2H3. The van der Waals surface area contributed by atoms with Crippen LogP contribution in [0.2, 0.25) is 0 Å². The van der Waals surface area contributed by atoms with Crippen LogP contribution in [0.1, 0.15) is 88.5 Å². The third-order valence-electron chi connectivity index (χ3n) is 7.98. The van der Waals surface area contributed by atoms with Crippen LogP contribution in [0.3, 0.4) is 0 Å². The number of halogens is 1. The van der Waals surface area contributed by atoms with Crippen LogP contribution >= 0.6 is 0 Å². The minimum Gasteiger partial charge on any atom is -0.497 e. The van der Waals surface area contributed by atoms with Gasteiger partial charge in [-0.2, -0.15) is 0 Å². The number of fused-ring (bicyclic) bond motifs is 1. The van der Waals surface area contributed by atoms with E-state index in [4.69, 9.17) is 9.47 Å². The second kappa shape index (κ2) is 14.3. The molecule has 0 aromatic heterocycles. The highest BCUT2D eigenvalue weighted by Crippen LogP contribution is 2.51. The van der Waals surface area contributed by atoms with Crippen molar-refractivity contribution in [3.63, 3.8) is 0 Å². The topological polar surface area (TPSA) is 44.8 Å². The highest BCUT2D eigenvalue weighted by Gasteiger charge is 2.37. The smallest absolute Gasteiger partial charge is 0.302 e. The second-order valence-electron chi connectivity index (χ2n) is 11.0. The van der Waals surface area contributed by atoms with Crippen LogP contribution in [0, 0.1) is 11.2 Å². The number of hydrogen-bond acceptors (Lipinski definition) is 4. The minimum atomic E-state index is -0.245. The average Bonchev–Trinajstić information content (AvgIpc) is 3.58. The molecular formula is C35H45FO4. The molecule has 1 atom stereocenters. The predicted molar refractivity (Wildman–Crippen MR) is 161 cm³/mol. The lowest BCUT2D eigenvalue weighted by molar-refractivity contribution is -0.137. The SMILES string of the molecule is CC.COC(C)=O.COc1ccc(F)c(-c2ccc(COc3ccc4c(c3)CCC4)cc2C2CCCC2(C)C)c1. The number of aryl methyl sites for hydroxylation is 2. The maximum atomic E-state index is 14.9. The molecule has 2 aliphatic rings. The Morgan fingerprint density at radius 1 is 0.900 bits per heavy atom. The number of carbonyl (C=O) groups excluding carboxylic acids is 1. The molecule has 40 heavy (non-hydrogen) atoms. The van der Waals surface area contributed by atoms with Gasteiger partial charge in [0.1, 0.15) is 23.9 Å². The van der Waals surface area contributed by atoms with Crippen molar-refractivity contribution in [3.05, 3.63) is 82.7 Å². The van der Waals surface area contributed by atoms with E-state index >= 15 is 0 Å². The first-order valence-electron chi connectivity index (χ1n) is 14.5. The number of rotatable bonds is 6. The third kappa shape index (κ3) is 7.65. The minimum absolute atomic E-state index is 0.184. The van der Waals surface area contributed by atoms with Gasteiger partial charge in [-0.1, -0.05) is 58.4 Å². The maximum absolute atomic E-state index is 14.9. The Labute approximate surface area is 239 Å². The third-order valence-corrected chi connectivity index (χ3v) is 7.98. The van der Waals surface area contributed by atoms with Crippen LogP contribution in [0.5, 0.6) is 11.5 Å². The van der Waals surface area contributed by atoms with E-state index in [2.05, 4.69) is 55.0 Å². The van der Waals surface area contributed by atoms with Crippen LogP contribution in [-0.4, -0.2) is 20.2 Å². The zero-order valence-corrected chi connectivity index (χ0v) is 25.2. The van der Waals surface area contributed by atoms with Gasteiger partial charge in [-0.15, -0.1) is 0 Å². The molecule has 3 aromatic rings. The van der Waals surface area contributed by atoms with E-state index in [1.807, 2.05) is 19.9 Å². The van der Waals surface area contributed by atoms with Gasteiger partial charge in [0.15, 0.2) is 0 Å². The number of hydrogen-bond donors (Lipinski definition) is 0. The zero-order valence-electron chi connectivity index (χ0n) is 25.2. The summed E-state index contributed by atoms with van der Waals surface area (Å²) in [5.41, 5.74) is 6.98. The molecule has 1 fully saturated rings. The molecular weight excluding hydrogens is 503 g/mol. The first-order valence-corrected chi connectivity index (χ1v) is 14.5. The Bertz CT molecular complexity index is 1280. The van der Waals surface area contributed by atoms with Crippen molar-refractivity contribution in [1.29, 1.82) is 0 Å². The van der Waals surface area contributed by atoms with Gasteiger partial charge >= 0.3 is 5.97 Å². The first kappa shape index (κ1) is 31.2. The Hall–Kier alpha value is -3.34. The van der Waals surface area contributed by atoms with Gasteiger partial charge in [0, 0.05) is 12.5 Å². The summed E-state index contributed by atoms with van der Waals surface area (Å²) < 4.78 is 30.7. The van der Waals surface area contributed by atoms with Gasteiger partial charge < -0.3 is 14.2 Å². The Morgan fingerprint density at radius 3 is 2.25 bits per heavy atom. The van der Waals surface area contributed by atoms with Crippen LogP contribution < -0.4 is 9.47 Å². The fraction of sp³-hybridized carbons (Fsp3) is 0.457. The van der Waals surface area contributed by atoms with Crippen molar-refractivity contribution in [1.82, 2.24) is 0 Å². The summed E-state index contributed by atoms with van der Waals surface area (Å²) in [5.74, 6) is 1.53. The van der Waals surface area contributed by atoms with E-state index in [0.717, 1.165) is 29.7 Å². The van der Waals surface area contributed by atoms with E-state index in [9.17, 15) is 9.18 Å². The highest BCUT2D eigenvalue weighted by atomic mass is 19.1. The number of carbonyl (C=O) groups is 1. The molecule has 216 valence electrons. The van der Waals surface area contributed by atoms with Gasteiger partial charge in [0.05, 0.1) is 14.2 Å². The molecule has 0 N–H and O–H groups in total. The van der Waals surface area contributed by atoms with E-state index in [0.29, 0.717) is 23.8 Å². The molecule has 0 spiro atoms. The summed E-state index contributed by atoms with van der Waals surface area (Å²) in [5, 5.41) is 0. The lowest BCUT2D eigenvalue weighted by Crippen LogP contribution is -2.17. The van der Waals surface area contributed by atoms with Gasteiger partial charge in [0.2, 0.25) is 0 Å². The molecule has 0 amide bonds. The molecule has 2 aliphatic carbocycles. The zero-order chi connectivity index (χ0) is 29.3. The summed E-state index contributed by atoms with van der Waals surface area (Å²) in [6.45, 7) is 10.5. The molecule has 0 heterocycles. The fourth-order valence-electron chi connectivity index (χ4n) is 5.78. The van der Waals surface area contributed by atoms with Gasteiger partial charge in [-0.3, -0.25) is 4.79 Å². The Kier molecular flexibility index (Phi) is 11.2. The molecule has 0 aliphatic heterocycles. The van der Waals surface area contributed by atoms with E-state index in [1.54, 1.807) is 13.2 Å². The molecule has 5 heteroatoms. The maximum Gasteiger partial charge on any atom is 0.302 e. The van der Waals surface area contributed by atoms with Crippen molar-refractivity contribution in [2.24, 2.45) is 5.41 Å². The molecule has 1 unspecified atom stereocenters. The van der Waals surface area contributed by atoms with Crippen LogP contribution in [0.25, 0.3) is 11.1 Å². The average molecular weight is 549 g/mol. The number of ether oxygens (including phenoxy) is 3. The van der Waals surface area contributed by atoms with E-state index in [-0.39, 0.29) is 17.2 Å². The van der Waals surface area contributed by atoms with Crippen LogP contribution in [-0.2, 0) is 29.0 Å². The molecule has 5 rings (SSSR count). The summed E-state index contributed by atoms with van der Waals surface area (Å²) in [6.07, 6.45) is 7.08. The Balaban J connectivity index is 0.000000570. The first-order chi connectivity index (χ1) is 19.2.